The van der Waals surface area contributed by atoms with Crippen molar-refractivity contribution in [2.75, 3.05) is 36.3 Å². The van der Waals surface area contributed by atoms with E-state index < -0.39 is 10.8 Å². The molecule has 0 radical (unpaired) electrons. The highest BCUT2D eigenvalue weighted by molar-refractivity contribution is 7.85. The second kappa shape index (κ2) is 7.13. The van der Waals surface area contributed by atoms with Crippen molar-refractivity contribution in [1.29, 1.82) is 0 Å². The Morgan fingerprint density at radius 3 is 2.83 bits per heavy atom. The van der Waals surface area contributed by atoms with E-state index in [0.717, 1.165) is 5.56 Å². The summed E-state index contributed by atoms with van der Waals surface area (Å²) in [5.74, 6) is 0.0787. The summed E-state index contributed by atoms with van der Waals surface area (Å²) >= 11 is 0. The molecule has 0 aliphatic heterocycles. The fourth-order valence-corrected chi connectivity index (χ4v) is 2.27. The number of nitrogens with one attached hydrogen (secondary N) is 1. The number of carbonyl (C=O) groups excluding carboxylic acids is 1. The highest BCUT2D eigenvalue weighted by atomic mass is 32.2. The minimum absolute atomic E-state index is 0.0207. The van der Waals surface area contributed by atoms with E-state index in [0.29, 0.717) is 23.7 Å². The van der Waals surface area contributed by atoms with E-state index in [9.17, 15) is 9.00 Å². The van der Waals surface area contributed by atoms with Crippen molar-refractivity contribution in [3.05, 3.63) is 23.8 Å². The lowest BCUT2D eigenvalue weighted by atomic mass is 10.2. The van der Waals surface area contributed by atoms with Crippen LogP contribution in [0.15, 0.2) is 18.2 Å². The maximum Gasteiger partial charge on any atom is 0.236 e. The molecule has 1 aromatic carbocycles. The molecule has 0 aromatic heterocycles. The summed E-state index contributed by atoms with van der Waals surface area (Å²) < 4.78 is 16.3. The van der Waals surface area contributed by atoms with Gasteiger partial charge in [-0.3, -0.25) is 9.00 Å². The predicted molar refractivity (Wildman–Crippen MR) is 74.0 cm³/mol. The topological polar surface area (TPSA) is 81.4 Å². The van der Waals surface area contributed by atoms with Crippen LogP contribution in [0.1, 0.15) is 5.56 Å². The molecule has 0 aliphatic rings. The van der Waals surface area contributed by atoms with Gasteiger partial charge in [0.1, 0.15) is 5.75 Å². The van der Waals surface area contributed by atoms with Gasteiger partial charge in [0.2, 0.25) is 5.91 Å². The van der Waals surface area contributed by atoms with Crippen LogP contribution < -0.4 is 11.1 Å². The van der Waals surface area contributed by atoms with Gasteiger partial charge in [0.25, 0.3) is 0 Å². The molecule has 1 atom stereocenters. The van der Waals surface area contributed by atoms with Gasteiger partial charge >= 0.3 is 0 Å². The minimum Gasteiger partial charge on any atom is -0.399 e. The molecule has 5 nitrogen and oxygen atoms in total. The number of benzene rings is 1. The highest BCUT2D eigenvalue weighted by Gasteiger charge is 2.09. The van der Waals surface area contributed by atoms with E-state index in [2.05, 4.69) is 5.32 Å². The zero-order valence-electron chi connectivity index (χ0n) is 10.6. The molecule has 6 heteroatoms. The maximum atomic E-state index is 11.6. The fourth-order valence-electron chi connectivity index (χ4n) is 1.41. The first-order valence-electron chi connectivity index (χ1n) is 5.53. The molecule has 18 heavy (non-hydrogen) atoms. The second-order valence-corrected chi connectivity index (χ2v) is 5.48. The lowest BCUT2D eigenvalue weighted by molar-refractivity contribution is -0.113. The first-order chi connectivity index (χ1) is 8.52. The van der Waals surface area contributed by atoms with E-state index in [1.54, 1.807) is 18.2 Å². The Labute approximate surface area is 109 Å². The molecule has 0 saturated heterocycles. The molecule has 0 spiro atoms. The number of amides is 1. The number of rotatable bonds is 6. The monoisotopic (exact) mass is 270 g/mol. The van der Waals surface area contributed by atoms with Gasteiger partial charge in [0.15, 0.2) is 0 Å². The van der Waals surface area contributed by atoms with Crippen LogP contribution in [0.2, 0.25) is 0 Å². The van der Waals surface area contributed by atoms with Gasteiger partial charge in [-0.2, -0.15) is 0 Å². The van der Waals surface area contributed by atoms with Crippen LogP contribution in [0.5, 0.6) is 0 Å². The standard InChI is InChI=1S/C12H18N2O3S/c1-9-7-10(13)3-4-11(9)14-12(15)8-18(16)6-5-17-2/h3-4,7H,5-6,8,13H2,1-2H3,(H,14,15). The Morgan fingerprint density at radius 1 is 1.50 bits per heavy atom. The Bertz CT molecular complexity index is 449. The van der Waals surface area contributed by atoms with Crippen molar-refractivity contribution < 1.29 is 13.7 Å². The van der Waals surface area contributed by atoms with E-state index >= 15 is 0 Å². The van der Waals surface area contributed by atoms with E-state index in [1.807, 2.05) is 6.92 Å². The zero-order chi connectivity index (χ0) is 13.5. The largest absolute Gasteiger partial charge is 0.399 e. The van der Waals surface area contributed by atoms with E-state index in [-0.39, 0.29) is 11.7 Å². The highest BCUT2D eigenvalue weighted by Crippen LogP contribution is 2.17. The third kappa shape index (κ3) is 4.85. The van der Waals surface area contributed by atoms with Gasteiger partial charge in [0, 0.05) is 35.0 Å². The third-order valence-electron chi connectivity index (χ3n) is 2.33. The van der Waals surface area contributed by atoms with Crippen LogP contribution >= 0.6 is 0 Å². The number of ether oxygens (including phenoxy) is 1. The molecule has 1 rings (SSSR count). The summed E-state index contributed by atoms with van der Waals surface area (Å²) in [6, 6.07) is 5.22. The Morgan fingerprint density at radius 2 is 2.22 bits per heavy atom. The summed E-state index contributed by atoms with van der Waals surface area (Å²) in [5, 5.41) is 2.72. The van der Waals surface area contributed by atoms with Crippen molar-refractivity contribution >= 4 is 28.1 Å². The Balaban J connectivity index is 2.51. The van der Waals surface area contributed by atoms with Crippen LogP contribution in [-0.2, 0) is 20.3 Å². The lowest BCUT2D eigenvalue weighted by Gasteiger charge is -2.08. The number of methoxy groups -OCH3 is 1. The molecule has 0 bridgehead atoms. The van der Waals surface area contributed by atoms with Gasteiger partial charge < -0.3 is 15.8 Å². The average Bonchev–Trinajstić information content (AvgIpc) is 2.30. The molecule has 0 heterocycles. The molecule has 0 aliphatic carbocycles. The smallest absolute Gasteiger partial charge is 0.236 e. The maximum absolute atomic E-state index is 11.6. The van der Waals surface area contributed by atoms with Gasteiger partial charge in [-0.15, -0.1) is 0 Å². The number of hydrogen-bond donors (Lipinski definition) is 2. The minimum atomic E-state index is -1.20. The van der Waals surface area contributed by atoms with Gasteiger partial charge in [-0.1, -0.05) is 0 Å². The predicted octanol–water partition coefficient (Wildman–Crippen LogP) is 0.911. The summed E-state index contributed by atoms with van der Waals surface area (Å²) in [4.78, 5) is 11.6. The van der Waals surface area contributed by atoms with Gasteiger partial charge in [-0.25, -0.2) is 0 Å². The van der Waals surface area contributed by atoms with Crippen LogP contribution in [0, 0.1) is 6.92 Å². The number of anilines is 2. The van der Waals surface area contributed by atoms with Gasteiger partial charge in [-0.05, 0) is 30.7 Å². The normalized spacial score (nSPS) is 12.1. The number of hydrogen-bond acceptors (Lipinski definition) is 4. The molecule has 1 aromatic rings. The fraction of sp³-hybridized carbons (Fsp3) is 0.417. The molecule has 0 saturated carbocycles. The molecule has 100 valence electrons. The lowest BCUT2D eigenvalue weighted by Crippen LogP contribution is -2.22. The SMILES string of the molecule is COCCS(=O)CC(=O)Nc1ccc(N)cc1C. The van der Waals surface area contributed by atoms with Crippen LogP contribution in [0.4, 0.5) is 11.4 Å². The van der Waals surface area contributed by atoms with Gasteiger partial charge in [0.05, 0.1) is 6.61 Å². The average molecular weight is 270 g/mol. The summed E-state index contributed by atoms with van der Waals surface area (Å²) in [6.07, 6.45) is 0. The molecule has 0 fully saturated rings. The Kier molecular flexibility index (Phi) is 5.80. The quantitative estimate of drug-likeness (QED) is 0.753. The number of nitrogens with two attached hydrogens (primary N) is 1. The van der Waals surface area contributed by atoms with Crippen LogP contribution in [0.25, 0.3) is 0 Å². The van der Waals surface area contributed by atoms with Crippen LogP contribution in [-0.4, -0.2) is 35.3 Å². The van der Waals surface area contributed by atoms with E-state index in [1.165, 1.54) is 7.11 Å². The number of nitrogen functional groups attached to an aromatic ring is 1. The molecular formula is C12H18N2O3S. The van der Waals surface area contributed by atoms with Crippen molar-refractivity contribution in [3.63, 3.8) is 0 Å². The molecule has 1 amide bonds. The number of aryl methyl sites for hydroxylation is 1. The van der Waals surface area contributed by atoms with Crippen molar-refractivity contribution in [2.45, 2.75) is 6.92 Å². The Hall–Kier alpha value is -1.40. The first-order valence-corrected chi connectivity index (χ1v) is 7.01. The first kappa shape index (κ1) is 14.7. The van der Waals surface area contributed by atoms with Crippen molar-refractivity contribution in [1.82, 2.24) is 0 Å². The molecule has 3 N–H and O–H groups in total. The number of carbonyl (C=O) groups is 1. The summed E-state index contributed by atoms with van der Waals surface area (Å²) in [5.41, 5.74) is 7.84. The van der Waals surface area contributed by atoms with E-state index in [4.69, 9.17) is 10.5 Å². The second-order valence-electron chi connectivity index (χ2n) is 3.90. The van der Waals surface area contributed by atoms with Crippen molar-refractivity contribution in [3.8, 4) is 0 Å². The zero-order valence-corrected chi connectivity index (χ0v) is 11.4. The third-order valence-corrected chi connectivity index (χ3v) is 3.54. The van der Waals surface area contributed by atoms with Crippen LogP contribution in [0.3, 0.4) is 0 Å². The summed E-state index contributed by atoms with van der Waals surface area (Å²) in [6.45, 7) is 2.24. The summed E-state index contributed by atoms with van der Waals surface area (Å²) in [7, 11) is 0.340. The van der Waals surface area contributed by atoms with Crippen molar-refractivity contribution in [2.24, 2.45) is 0 Å². The molecular weight excluding hydrogens is 252 g/mol. The molecule has 1 unspecified atom stereocenters.